The number of rotatable bonds is 7. The van der Waals surface area contributed by atoms with Crippen LogP contribution in [0, 0.1) is 0 Å². The fourth-order valence-corrected chi connectivity index (χ4v) is 2.09. The topological polar surface area (TPSA) is 85.6 Å². The van der Waals surface area contributed by atoms with E-state index in [-0.39, 0.29) is 30.1 Å². The Bertz CT molecular complexity index is 760. The first-order valence-corrected chi connectivity index (χ1v) is 8.08. The molecule has 0 unspecified atom stereocenters. The molecule has 2 rings (SSSR count). The Balaban J connectivity index is 1.97. The number of benzene rings is 1. The van der Waals surface area contributed by atoms with Crippen molar-refractivity contribution in [2.45, 2.75) is 33.2 Å². The van der Waals surface area contributed by atoms with Gasteiger partial charge in [0.25, 0.3) is 5.91 Å². The molecule has 6 heteroatoms. The molecule has 0 saturated heterocycles. The Morgan fingerprint density at radius 3 is 2.40 bits per heavy atom. The summed E-state index contributed by atoms with van der Waals surface area (Å²) >= 11 is 0. The molecule has 1 aromatic carbocycles. The predicted molar refractivity (Wildman–Crippen MR) is 92.3 cm³/mol. The first-order chi connectivity index (χ1) is 11.9. The van der Waals surface area contributed by atoms with E-state index in [0.717, 1.165) is 12.0 Å². The van der Waals surface area contributed by atoms with Crippen LogP contribution in [0.3, 0.4) is 0 Å². The van der Waals surface area contributed by atoms with Gasteiger partial charge in [-0.25, -0.2) is 4.79 Å². The van der Waals surface area contributed by atoms with Crippen LogP contribution >= 0.6 is 0 Å². The van der Waals surface area contributed by atoms with Crippen LogP contribution in [0.15, 0.2) is 40.8 Å². The van der Waals surface area contributed by atoms with E-state index in [0.29, 0.717) is 11.3 Å². The van der Waals surface area contributed by atoms with Crippen LogP contribution in [0.5, 0.6) is 0 Å². The number of carbonyl (C=O) groups is 3. The lowest BCUT2D eigenvalue weighted by atomic mass is 10.1. The van der Waals surface area contributed by atoms with Crippen molar-refractivity contribution in [3.63, 3.8) is 0 Å². The number of esters is 1. The molecular formula is C19H21NO5. The lowest BCUT2D eigenvalue weighted by Crippen LogP contribution is -2.35. The van der Waals surface area contributed by atoms with E-state index in [2.05, 4.69) is 5.32 Å². The van der Waals surface area contributed by atoms with Gasteiger partial charge in [0.05, 0.1) is 0 Å². The molecule has 1 aromatic heterocycles. The van der Waals surface area contributed by atoms with E-state index in [1.165, 1.54) is 13.0 Å². The molecule has 25 heavy (non-hydrogen) atoms. The summed E-state index contributed by atoms with van der Waals surface area (Å²) in [7, 11) is 0. The standard InChI is InChI=1S/C19H21NO5/c1-4-12(2)20-18(22)11-24-19(23)17-10-9-16(25-17)15-7-5-14(6-8-15)13(3)21/h5-10,12H,4,11H2,1-3H3,(H,20,22)/t12-/m1/s1. The zero-order valence-corrected chi connectivity index (χ0v) is 14.5. The van der Waals surface area contributed by atoms with Crippen LogP contribution in [-0.4, -0.2) is 30.3 Å². The Morgan fingerprint density at radius 1 is 1.12 bits per heavy atom. The summed E-state index contributed by atoms with van der Waals surface area (Å²) in [5.74, 6) is -0.584. The van der Waals surface area contributed by atoms with Crippen LogP contribution in [0.1, 0.15) is 48.1 Å². The van der Waals surface area contributed by atoms with E-state index in [4.69, 9.17) is 9.15 Å². The summed E-state index contributed by atoms with van der Waals surface area (Å²) in [6.45, 7) is 4.96. The highest BCUT2D eigenvalue weighted by Crippen LogP contribution is 2.23. The van der Waals surface area contributed by atoms with Gasteiger partial charge >= 0.3 is 5.97 Å². The molecule has 6 nitrogen and oxygen atoms in total. The molecule has 0 bridgehead atoms. The van der Waals surface area contributed by atoms with Crippen LogP contribution in [-0.2, 0) is 9.53 Å². The summed E-state index contributed by atoms with van der Waals surface area (Å²) in [4.78, 5) is 34.8. The molecule has 0 saturated carbocycles. The molecular weight excluding hydrogens is 322 g/mol. The number of carbonyl (C=O) groups excluding carboxylic acids is 3. The summed E-state index contributed by atoms with van der Waals surface area (Å²) < 4.78 is 10.4. The van der Waals surface area contributed by atoms with Crippen LogP contribution in [0.2, 0.25) is 0 Å². The first-order valence-electron chi connectivity index (χ1n) is 8.08. The van der Waals surface area contributed by atoms with Gasteiger partial charge in [-0.05, 0) is 32.4 Å². The van der Waals surface area contributed by atoms with Crippen molar-refractivity contribution in [1.29, 1.82) is 0 Å². The van der Waals surface area contributed by atoms with E-state index in [9.17, 15) is 14.4 Å². The maximum atomic E-state index is 12.0. The third-order valence-corrected chi connectivity index (χ3v) is 3.74. The first kappa shape index (κ1) is 18.4. The molecule has 0 spiro atoms. The Hall–Kier alpha value is -2.89. The number of nitrogens with one attached hydrogen (secondary N) is 1. The van der Waals surface area contributed by atoms with Crippen molar-refractivity contribution in [3.05, 3.63) is 47.7 Å². The molecule has 0 aliphatic rings. The molecule has 0 fully saturated rings. The number of ketones is 1. The van der Waals surface area contributed by atoms with Gasteiger partial charge in [0.2, 0.25) is 5.76 Å². The lowest BCUT2D eigenvalue weighted by molar-refractivity contribution is -0.124. The minimum atomic E-state index is -0.703. The van der Waals surface area contributed by atoms with Crippen LogP contribution in [0.4, 0.5) is 0 Å². The molecule has 132 valence electrons. The number of amides is 1. The van der Waals surface area contributed by atoms with Crippen molar-refractivity contribution in [3.8, 4) is 11.3 Å². The number of furan rings is 1. The average molecular weight is 343 g/mol. The Kier molecular flexibility index (Phi) is 6.11. The van der Waals surface area contributed by atoms with Gasteiger partial charge in [0, 0.05) is 17.2 Å². The average Bonchev–Trinajstić information content (AvgIpc) is 3.09. The Labute approximate surface area is 146 Å². The zero-order valence-electron chi connectivity index (χ0n) is 14.5. The lowest BCUT2D eigenvalue weighted by Gasteiger charge is -2.10. The molecule has 0 aliphatic heterocycles. The molecule has 1 heterocycles. The molecule has 0 aliphatic carbocycles. The van der Waals surface area contributed by atoms with Gasteiger partial charge in [0.15, 0.2) is 12.4 Å². The van der Waals surface area contributed by atoms with Gasteiger partial charge in [-0.3, -0.25) is 9.59 Å². The third-order valence-electron chi connectivity index (χ3n) is 3.74. The van der Waals surface area contributed by atoms with Crippen molar-refractivity contribution in [2.24, 2.45) is 0 Å². The van der Waals surface area contributed by atoms with Gasteiger partial charge in [-0.1, -0.05) is 31.2 Å². The number of hydrogen-bond donors (Lipinski definition) is 1. The van der Waals surface area contributed by atoms with Gasteiger partial charge in [-0.15, -0.1) is 0 Å². The van der Waals surface area contributed by atoms with Gasteiger partial charge in [0.1, 0.15) is 5.76 Å². The van der Waals surface area contributed by atoms with Crippen molar-refractivity contribution in [2.75, 3.05) is 6.61 Å². The SMILES string of the molecule is CC[C@@H](C)NC(=O)COC(=O)c1ccc(-c2ccc(C(C)=O)cc2)o1. The van der Waals surface area contributed by atoms with Crippen molar-refractivity contribution >= 4 is 17.7 Å². The normalized spacial score (nSPS) is 11.6. The van der Waals surface area contributed by atoms with Crippen LogP contribution < -0.4 is 5.32 Å². The fourth-order valence-electron chi connectivity index (χ4n) is 2.09. The highest BCUT2D eigenvalue weighted by Gasteiger charge is 2.16. The monoisotopic (exact) mass is 343 g/mol. The number of ether oxygens (including phenoxy) is 1. The van der Waals surface area contributed by atoms with E-state index < -0.39 is 5.97 Å². The van der Waals surface area contributed by atoms with E-state index in [1.807, 2.05) is 13.8 Å². The highest BCUT2D eigenvalue weighted by molar-refractivity contribution is 5.94. The minimum absolute atomic E-state index is 0.0157. The highest BCUT2D eigenvalue weighted by atomic mass is 16.5. The predicted octanol–water partition coefficient (Wildman–Crippen LogP) is 3.22. The quantitative estimate of drug-likeness (QED) is 0.616. The van der Waals surface area contributed by atoms with Crippen molar-refractivity contribution < 1.29 is 23.5 Å². The molecule has 1 atom stereocenters. The van der Waals surface area contributed by atoms with Crippen molar-refractivity contribution in [1.82, 2.24) is 5.32 Å². The van der Waals surface area contributed by atoms with Gasteiger partial charge < -0.3 is 14.5 Å². The Morgan fingerprint density at radius 2 is 1.80 bits per heavy atom. The summed E-state index contributed by atoms with van der Waals surface area (Å²) in [6, 6.07) is 10.0. The van der Waals surface area contributed by atoms with E-state index >= 15 is 0 Å². The number of Topliss-reactive ketones (excluding diaryl/α,β-unsaturated/α-hetero) is 1. The maximum absolute atomic E-state index is 12.0. The molecule has 0 radical (unpaired) electrons. The second-order valence-electron chi connectivity index (χ2n) is 5.75. The van der Waals surface area contributed by atoms with Crippen LogP contribution in [0.25, 0.3) is 11.3 Å². The summed E-state index contributed by atoms with van der Waals surface area (Å²) in [5.41, 5.74) is 1.33. The molecule has 1 amide bonds. The van der Waals surface area contributed by atoms with E-state index in [1.54, 1.807) is 30.3 Å². The molecule has 1 N–H and O–H groups in total. The largest absolute Gasteiger partial charge is 0.450 e. The second kappa shape index (κ2) is 8.28. The van der Waals surface area contributed by atoms with Gasteiger partial charge in [-0.2, -0.15) is 0 Å². The summed E-state index contributed by atoms with van der Waals surface area (Å²) in [5, 5.41) is 2.71. The number of hydrogen-bond acceptors (Lipinski definition) is 5. The minimum Gasteiger partial charge on any atom is -0.450 e. The summed E-state index contributed by atoms with van der Waals surface area (Å²) in [6.07, 6.45) is 0.795. The zero-order chi connectivity index (χ0) is 18.4. The fraction of sp³-hybridized carbons (Fsp3) is 0.316. The second-order valence-corrected chi connectivity index (χ2v) is 5.75. The smallest absolute Gasteiger partial charge is 0.374 e. The third kappa shape index (κ3) is 5.04. The maximum Gasteiger partial charge on any atom is 0.374 e. The molecule has 2 aromatic rings.